The lowest BCUT2D eigenvalue weighted by atomic mass is 10.3. The number of rotatable bonds is 9. The Morgan fingerprint density at radius 3 is 2.67 bits per heavy atom. The van der Waals surface area contributed by atoms with Gasteiger partial charge in [-0.1, -0.05) is 26.2 Å². The highest BCUT2D eigenvalue weighted by Crippen LogP contribution is 1.97. The van der Waals surface area contributed by atoms with Crippen molar-refractivity contribution in [3.05, 3.63) is 0 Å². The molecule has 0 rings (SSSR count). The summed E-state index contributed by atoms with van der Waals surface area (Å²) in [6, 6.07) is 1.33. The Bertz CT molecular complexity index is 75.1. The first-order chi connectivity index (χ1) is 5.91. The van der Waals surface area contributed by atoms with E-state index in [1.54, 1.807) is 0 Å². The van der Waals surface area contributed by atoms with Gasteiger partial charge in [-0.15, -0.1) is 0 Å². The molecule has 0 aromatic carbocycles. The Morgan fingerprint density at radius 1 is 1.17 bits per heavy atom. The zero-order valence-corrected chi connectivity index (χ0v) is 14.4. The van der Waals surface area contributed by atoms with E-state index in [-0.39, 0.29) is 9.76 Å². The zero-order valence-electron chi connectivity index (χ0n) is 8.17. The molecule has 0 N–H and O–H groups in total. The van der Waals surface area contributed by atoms with Crippen molar-refractivity contribution in [3.8, 4) is 0 Å². The van der Waals surface area contributed by atoms with Gasteiger partial charge in [0, 0.05) is 0 Å². The van der Waals surface area contributed by atoms with Crippen molar-refractivity contribution in [2.24, 2.45) is 0 Å². The first-order valence-corrected chi connectivity index (χ1v) is 9.26. The smallest absolute Gasteiger partial charge is 0.284 e. The van der Waals surface area contributed by atoms with E-state index < -0.39 is 20.0 Å². The van der Waals surface area contributed by atoms with Gasteiger partial charge in [0.05, 0.1) is 0 Å². The fourth-order valence-corrected chi connectivity index (χ4v) is 6.68. The molecule has 0 radical (unpaired) electrons. The Labute approximate surface area is 85.2 Å². The second-order valence-corrected chi connectivity index (χ2v) is 9.86. The Kier molecular flexibility index (Phi) is 12.5. The third-order valence-corrected chi connectivity index (χ3v) is 6.40. The van der Waals surface area contributed by atoms with Gasteiger partial charge in [-0.05, 0) is 6.04 Å². The minimum Gasteiger partial charge on any atom is -0.449 e. The molecule has 0 unspecified atom stereocenters. The van der Waals surface area contributed by atoms with Gasteiger partial charge in [0.15, 0.2) is 0 Å². The highest BCUT2D eigenvalue weighted by Gasteiger charge is 1.91. The van der Waals surface area contributed by atoms with Crippen molar-refractivity contribution in [1.29, 1.82) is 0 Å². The molecule has 0 heterocycles. The highest BCUT2D eigenvalue weighted by atomic mass is 28.4. The standard InChI is InChI=1S/C5H20O3Si4/c1-2-3-4-5-10-7-12-8-11-6-9/h2-5,10-12H2,1,9H3. The van der Waals surface area contributed by atoms with Gasteiger partial charge in [0.2, 0.25) is 0 Å². The van der Waals surface area contributed by atoms with Gasteiger partial charge in [-0.2, -0.15) is 0 Å². The average molecular weight is 241 g/mol. The van der Waals surface area contributed by atoms with Crippen LogP contribution in [0.5, 0.6) is 0 Å². The third-order valence-electron chi connectivity index (χ3n) is 1.51. The molecule has 0 aliphatic carbocycles. The van der Waals surface area contributed by atoms with Crippen LogP contribution in [-0.2, 0) is 12.3 Å². The van der Waals surface area contributed by atoms with E-state index in [9.17, 15) is 0 Å². The predicted molar refractivity (Wildman–Crippen MR) is 63.2 cm³/mol. The van der Waals surface area contributed by atoms with Crippen LogP contribution in [0.15, 0.2) is 0 Å². The Morgan fingerprint density at radius 2 is 2.00 bits per heavy atom. The molecule has 7 heteroatoms. The fourth-order valence-electron chi connectivity index (χ4n) is 0.866. The van der Waals surface area contributed by atoms with E-state index >= 15 is 0 Å². The number of hydrogen-bond acceptors (Lipinski definition) is 3. The quantitative estimate of drug-likeness (QED) is 0.345. The summed E-state index contributed by atoms with van der Waals surface area (Å²) in [5.41, 5.74) is 0. The molecule has 0 atom stereocenters. The molecule has 0 aliphatic heterocycles. The van der Waals surface area contributed by atoms with E-state index in [2.05, 4.69) is 6.92 Å². The third kappa shape index (κ3) is 10.7. The lowest BCUT2D eigenvalue weighted by Crippen LogP contribution is -2.12. The maximum absolute atomic E-state index is 5.51. The van der Waals surface area contributed by atoms with Gasteiger partial charge >= 0.3 is 0 Å². The molecule has 0 aliphatic rings. The molecular weight excluding hydrogens is 220 g/mol. The van der Waals surface area contributed by atoms with Crippen molar-refractivity contribution in [3.63, 3.8) is 0 Å². The number of unbranched alkanes of at least 4 members (excludes halogenated alkanes) is 2. The minimum absolute atomic E-state index is 0.222. The first-order valence-electron chi connectivity index (χ1n) is 4.56. The van der Waals surface area contributed by atoms with Crippen LogP contribution in [0.4, 0.5) is 0 Å². The van der Waals surface area contributed by atoms with Crippen LogP contribution in [0, 0.1) is 0 Å². The molecular formula is C5H20O3Si4. The van der Waals surface area contributed by atoms with Crippen molar-refractivity contribution < 1.29 is 12.3 Å². The summed E-state index contributed by atoms with van der Waals surface area (Å²) in [4.78, 5) is 0. The van der Waals surface area contributed by atoms with E-state index in [1.165, 1.54) is 25.3 Å². The Hall–Kier alpha value is 0.748. The van der Waals surface area contributed by atoms with Gasteiger partial charge in [-0.3, -0.25) is 0 Å². The van der Waals surface area contributed by atoms with Crippen LogP contribution < -0.4 is 0 Å². The molecule has 0 aromatic rings. The van der Waals surface area contributed by atoms with Crippen LogP contribution in [0.1, 0.15) is 26.2 Å². The summed E-state index contributed by atoms with van der Waals surface area (Å²) in [5, 5.41) is 0. The summed E-state index contributed by atoms with van der Waals surface area (Å²) in [6.07, 6.45) is 4.02. The molecule has 0 saturated heterocycles. The molecule has 0 fully saturated rings. The predicted octanol–water partition coefficient (Wildman–Crippen LogP) is -1.99. The average Bonchev–Trinajstić information content (AvgIpc) is 2.10. The number of hydrogen-bond donors (Lipinski definition) is 0. The largest absolute Gasteiger partial charge is 0.449 e. The monoisotopic (exact) mass is 240 g/mol. The molecule has 0 amide bonds. The Balaban J connectivity index is 2.73. The van der Waals surface area contributed by atoms with Gasteiger partial charge in [0.25, 0.3) is 20.0 Å². The summed E-state index contributed by atoms with van der Waals surface area (Å²) < 4.78 is 15.8. The van der Waals surface area contributed by atoms with Crippen molar-refractivity contribution in [2.75, 3.05) is 0 Å². The molecule has 0 saturated carbocycles. The van der Waals surface area contributed by atoms with Crippen LogP contribution in [0.25, 0.3) is 0 Å². The summed E-state index contributed by atoms with van der Waals surface area (Å²) in [6.45, 7) is 2.23. The molecule has 74 valence electrons. The molecule has 3 nitrogen and oxygen atoms in total. The summed E-state index contributed by atoms with van der Waals surface area (Å²) in [7, 11) is -0.613. The maximum atomic E-state index is 5.51. The second kappa shape index (κ2) is 11.7. The van der Waals surface area contributed by atoms with Crippen LogP contribution >= 0.6 is 0 Å². The molecule has 0 spiro atoms. The molecule has 0 bridgehead atoms. The van der Waals surface area contributed by atoms with E-state index in [0.29, 0.717) is 0 Å². The molecule has 12 heavy (non-hydrogen) atoms. The summed E-state index contributed by atoms with van der Waals surface area (Å²) in [5.74, 6) is 0. The van der Waals surface area contributed by atoms with E-state index in [1.807, 2.05) is 0 Å². The normalized spacial score (nSPS) is 13.8. The maximum Gasteiger partial charge on any atom is 0.284 e. The summed E-state index contributed by atoms with van der Waals surface area (Å²) >= 11 is 0. The van der Waals surface area contributed by atoms with Crippen molar-refractivity contribution in [2.45, 2.75) is 32.2 Å². The minimum atomic E-state index is -0.613. The van der Waals surface area contributed by atoms with Gasteiger partial charge in [-0.25, -0.2) is 0 Å². The van der Waals surface area contributed by atoms with Gasteiger partial charge < -0.3 is 12.3 Å². The first kappa shape index (κ1) is 12.7. The topological polar surface area (TPSA) is 27.7 Å². The van der Waals surface area contributed by atoms with Gasteiger partial charge in [0.1, 0.15) is 20.2 Å². The zero-order chi connectivity index (χ0) is 9.07. The highest BCUT2D eigenvalue weighted by molar-refractivity contribution is 6.44. The molecule has 0 aromatic heterocycles. The second-order valence-electron chi connectivity index (χ2n) is 2.70. The van der Waals surface area contributed by atoms with Crippen molar-refractivity contribution in [1.82, 2.24) is 0 Å². The SMILES string of the molecule is CCCCC[SiH2]O[SiH2]O[SiH2]O[SiH3]. The van der Waals surface area contributed by atoms with E-state index in [4.69, 9.17) is 12.3 Å². The van der Waals surface area contributed by atoms with Crippen molar-refractivity contribution >= 4 is 40.3 Å². The fraction of sp³-hybridized carbons (Fsp3) is 1.00. The van der Waals surface area contributed by atoms with Crippen LogP contribution in [0.3, 0.4) is 0 Å². The van der Waals surface area contributed by atoms with Crippen LogP contribution in [0.2, 0.25) is 6.04 Å². The lowest BCUT2D eigenvalue weighted by Gasteiger charge is -2.03. The lowest BCUT2D eigenvalue weighted by molar-refractivity contribution is 0.437. The van der Waals surface area contributed by atoms with E-state index in [0.717, 1.165) is 10.5 Å². The van der Waals surface area contributed by atoms with Crippen LogP contribution in [-0.4, -0.2) is 40.3 Å².